The lowest BCUT2D eigenvalue weighted by Crippen LogP contribution is -2.15. The summed E-state index contributed by atoms with van der Waals surface area (Å²) >= 11 is 3.53. The van der Waals surface area contributed by atoms with E-state index in [0.29, 0.717) is 6.42 Å². The molecule has 0 aliphatic carbocycles. The molecule has 0 heterocycles. The highest BCUT2D eigenvalue weighted by Crippen LogP contribution is 1.68. The quantitative estimate of drug-likeness (QED) is 0.509. The minimum Gasteiger partial charge on any atom is -0.359 e. The third-order valence-electron chi connectivity index (χ3n) is 0.600. The molecule has 0 fully saturated rings. The van der Waals surface area contributed by atoms with Crippen molar-refractivity contribution in [2.24, 2.45) is 0 Å². The van der Waals surface area contributed by atoms with Crippen LogP contribution in [0.1, 0.15) is 13.3 Å². The molecular formula is C5H13NOS. The van der Waals surface area contributed by atoms with Gasteiger partial charge in [0.05, 0.1) is 0 Å². The van der Waals surface area contributed by atoms with Crippen LogP contribution < -0.4 is 5.32 Å². The van der Waals surface area contributed by atoms with Gasteiger partial charge in [0, 0.05) is 13.5 Å². The molecule has 2 nitrogen and oxygen atoms in total. The molecule has 3 heteroatoms. The summed E-state index contributed by atoms with van der Waals surface area (Å²) in [6, 6.07) is 0. The fourth-order valence-electron chi connectivity index (χ4n) is 0.177. The Kier molecular flexibility index (Phi) is 13.3. The van der Waals surface area contributed by atoms with Crippen LogP contribution in [0.25, 0.3) is 0 Å². The zero-order valence-electron chi connectivity index (χ0n) is 5.56. The molecule has 8 heavy (non-hydrogen) atoms. The van der Waals surface area contributed by atoms with Gasteiger partial charge in [0.2, 0.25) is 5.91 Å². The summed E-state index contributed by atoms with van der Waals surface area (Å²) in [4.78, 5) is 10.1. The molecule has 0 saturated heterocycles. The second kappa shape index (κ2) is 9.94. The van der Waals surface area contributed by atoms with E-state index < -0.39 is 0 Å². The number of carbonyl (C=O) groups is 1. The van der Waals surface area contributed by atoms with E-state index in [1.165, 1.54) is 0 Å². The number of thiol groups is 1. The summed E-state index contributed by atoms with van der Waals surface area (Å²) in [5, 5.41) is 2.48. The number of amides is 1. The van der Waals surface area contributed by atoms with Crippen molar-refractivity contribution in [2.45, 2.75) is 13.3 Å². The maximum absolute atomic E-state index is 10.1. The molecule has 0 aromatic carbocycles. The van der Waals surface area contributed by atoms with Crippen LogP contribution in [0.3, 0.4) is 0 Å². The van der Waals surface area contributed by atoms with Crippen LogP contribution in [0.2, 0.25) is 0 Å². The normalized spacial score (nSPS) is 6.50. The highest BCUT2D eigenvalue weighted by Gasteiger charge is 1.84. The lowest BCUT2D eigenvalue weighted by Gasteiger charge is -1.87. The SMILES string of the molecule is CCC(=O)NC.CS. The first kappa shape index (κ1) is 10.7. The largest absolute Gasteiger partial charge is 0.359 e. The Balaban J connectivity index is 0. The fourth-order valence-corrected chi connectivity index (χ4v) is 0.177. The summed E-state index contributed by atoms with van der Waals surface area (Å²) in [5.41, 5.74) is 0. The Hall–Kier alpha value is -0.180. The van der Waals surface area contributed by atoms with Gasteiger partial charge in [-0.1, -0.05) is 6.92 Å². The number of nitrogens with one attached hydrogen (secondary N) is 1. The van der Waals surface area contributed by atoms with E-state index in [-0.39, 0.29) is 5.91 Å². The zero-order valence-corrected chi connectivity index (χ0v) is 6.46. The van der Waals surface area contributed by atoms with Crippen molar-refractivity contribution in [3.63, 3.8) is 0 Å². The van der Waals surface area contributed by atoms with E-state index in [1.807, 2.05) is 6.92 Å². The van der Waals surface area contributed by atoms with Crippen LogP contribution in [-0.4, -0.2) is 19.2 Å². The first-order valence-corrected chi connectivity index (χ1v) is 3.36. The van der Waals surface area contributed by atoms with Gasteiger partial charge in [-0.25, -0.2) is 0 Å². The van der Waals surface area contributed by atoms with Crippen LogP contribution >= 0.6 is 12.6 Å². The van der Waals surface area contributed by atoms with E-state index in [1.54, 1.807) is 13.3 Å². The molecule has 0 rings (SSSR count). The second-order valence-electron chi connectivity index (χ2n) is 1.03. The monoisotopic (exact) mass is 135 g/mol. The third-order valence-corrected chi connectivity index (χ3v) is 0.600. The summed E-state index contributed by atoms with van der Waals surface area (Å²) in [6.45, 7) is 1.82. The maximum atomic E-state index is 10.1. The summed E-state index contributed by atoms with van der Waals surface area (Å²) in [6.07, 6.45) is 2.27. The van der Waals surface area contributed by atoms with Crippen molar-refractivity contribution in [1.82, 2.24) is 5.32 Å². The van der Waals surface area contributed by atoms with Crippen molar-refractivity contribution < 1.29 is 4.79 Å². The molecule has 1 N–H and O–H groups in total. The Morgan fingerprint density at radius 1 is 1.62 bits per heavy atom. The van der Waals surface area contributed by atoms with Gasteiger partial charge in [0.25, 0.3) is 0 Å². The predicted octanol–water partition coefficient (Wildman–Crippen LogP) is 0.688. The van der Waals surface area contributed by atoms with Gasteiger partial charge < -0.3 is 5.32 Å². The van der Waals surface area contributed by atoms with E-state index in [0.717, 1.165) is 0 Å². The van der Waals surface area contributed by atoms with E-state index in [2.05, 4.69) is 17.9 Å². The second-order valence-corrected chi connectivity index (χ2v) is 1.03. The van der Waals surface area contributed by atoms with Crippen LogP contribution in [0, 0.1) is 0 Å². The minimum absolute atomic E-state index is 0.0926. The van der Waals surface area contributed by atoms with Crippen molar-refractivity contribution in [3.8, 4) is 0 Å². The van der Waals surface area contributed by atoms with Gasteiger partial charge in [-0.2, -0.15) is 12.6 Å². The molecule has 0 aromatic rings. The van der Waals surface area contributed by atoms with E-state index in [9.17, 15) is 4.79 Å². The zero-order chi connectivity index (χ0) is 6.99. The lowest BCUT2D eigenvalue weighted by molar-refractivity contribution is -0.120. The van der Waals surface area contributed by atoms with Crippen LogP contribution in [0.5, 0.6) is 0 Å². The van der Waals surface area contributed by atoms with Crippen molar-refractivity contribution in [1.29, 1.82) is 0 Å². The molecule has 0 radical (unpaired) electrons. The van der Waals surface area contributed by atoms with Gasteiger partial charge in [-0.05, 0) is 6.26 Å². The molecule has 0 saturated carbocycles. The summed E-state index contributed by atoms with van der Waals surface area (Å²) in [7, 11) is 1.63. The van der Waals surface area contributed by atoms with E-state index in [4.69, 9.17) is 0 Å². The fraction of sp³-hybridized carbons (Fsp3) is 0.800. The standard InChI is InChI=1S/C4H9NO.CH4S/c1-3-4(6)5-2;1-2/h3H2,1-2H3,(H,5,6);2H,1H3. The molecule has 0 aliphatic rings. The van der Waals surface area contributed by atoms with Gasteiger partial charge in [-0.15, -0.1) is 0 Å². The number of carbonyl (C=O) groups excluding carboxylic acids is 1. The Labute approximate surface area is 56.1 Å². The number of hydrogen-bond acceptors (Lipinski definition) is 2. The Bertz CT molecular complexity index is 50.4. The summed E-state index contributed by atoms with van der Waals surface area (Å²) in [5.74, 6) is 0.0926. The Morgan fingerprint density at radius 2 is 2.00 bits per heavy atom. The summed E-state index contributed by atoms with van der Waals surface area (Å²) < 4.78 is 0. The first-order valence-electron chi connectivity index (χ1n) is 2.46. The molecule has 0 aromatic heterocycles. The van der Waals surface area contributed by atoms with Crippen LogP contribution in [0.4, 0.5) is 0 Å². The van der Waals surface area contributed by atoms with Crippen LogP contribution in [-0.2, 0) is 4.79 Å². The first-order chi connectivity index (χ1) is 3.81. The molecule has 0 spiro atoms. The van der Waals surface area contributed by atoms with E-state index >= 15 is 0 Å². The van der Waals surface area contributed by atoms with Crippen LogP contribution in [0.15, 0.2) is 0 Å². The topological polar surface area (TPSA) is 29.1 Å². The molecule has 50 valence electrons. The minimum atomic E-state index is 0.0926. The molecule has 0 atom stereocenters. The highest BCUT2D eigenvalue weighted by molar-refractivity contribution is 7.79. The lowest BCUT2D eigenvalue weighted by atomic mass is 10.5. The van der Waals surface area contributed by atoms with Gasteiger partial charge in [0.1, 0.15) is 0 Å². The molecule has 1 amide bonds. The van der Waals surface area contributed by atoms with Crippen molar-refractivity contribution in [2.75, 3.05) is 13.3 Å². The Morgan fingerprint density at radius 3 is 2.00 bits per heavy atom. The highest BCUT2D eigenvalue weighted by atomic mass is 32.1. The molecule has 0 unspecified atom stereocenters. The van der Waals surface area contributed by atoms with Crippen molar-refractivity contribution >= 4 is 18.5 Å². The van der Waals surface area contributed by atoms with Gasteiger partial charge in [-0.3, -0.25) is 4.79 Å². The average Bonchev–Trinajstić information content (AvgIpc) is 1.91. The smallest absolute Gasteiger partial charge is 0.219 e. The predicted molar refractivity (Wildman–Crippen MR) is 39.3 cm³/mol. The van der Waals surface area contributed by atoms with Gasteiger partial charge in [0.15, 0.2) is 0 Å². The molecular weight excluding hydrogens is 122 g/mol. The van der Waals surface area contributed by atoms with Gasteiger partial charge >= 0.3 is 0 Å². The maximum Gasteiger partial charge on any atom is 0.219 e. The molecule has 0 bridgehead atoms. The number of hydrogen-bond donors (Lipinski definition) is 2. The molecule has 0 aliphatic heterocycles. The average molecular weight is 135 g/mol. The number of rotatable bonds is 1. The third kappa shape index (κ3) is 9.27. The van der Waals surface area contributed by atoms with Crippen molar-refractivity contribution in [3.05, 3.63) is 0 Å².